The second-order valence-electron chi connectivity index (χ2n) is 7.32. The van der Waals surface area contributed by atoms with Crippen LogP contribution >= 0.6 is 15.9 Å². The van der Waals surface area contributed by atoms with Gasteiger partial charge in [-0.25, -0.2) is 4.79 Å². The molecular weight excluding hydrogens is 522 g/mol. The normalized spacial score (nSPS) is 15.8. The number of esters is 1. The van der Waals surface area contributed by atoms with E-state index >= 15 is 0 Å². The summed E-state index contributed by atoms with van der Waals surface area (Å²) in [7, 11) is 4.39. The van der Waals surface area contributed by atoms with Crippen molar-refractivity contribution in [3.63, 3.8) is 0 Å². The van der Waals surface area contributed by atoms with Gasteiger partial charge in [0.2, 0.25) is 0 Å². The highest BCUT2D eigenvalue weighted by molar-refractivity contribution is 9.10. The Hall–Kier alpha value is -4.12. The van der Waals surface area contributed by atoms with E-state index in [0.717, 1.165) is 0 Å². The fourth-order valence-electron chi connectivity index (χ4n) is 3.40. The summed E-state index contributed by atoms with van der Waals surface area (Å²) in [6, 6.07) is 7.85. The summed E-state index contributed by atoms with van der Waals surface area (Å²) in [5, 5.41) is 9.53. The van der Waals surface area contributed by atoms with E-state index in [4.69, 9.17) is 29.2 Å². The Morgan fingerprint density at radius 2 is 1.80 bits per heavy atom. The van der Waals surface area contributed by atoms with Gasteiger partial charge in [0.25, 0.3) is 5.91 Å². The van der Waals surface area contributed by atoms with Crippen LogP contribution in [0.3, 0.4) is 0 Å². The molecular formula is C24H20BrN3O7. The molecule has 180 valence electrons. The van der Waals surface area contributed by atoms with Gasteiger partial charge in [-0.15, -0.1) is 5.06 Å². The number of carbonyl (C=O) groups is 2. The van der Waals surface area contributed by atoms with E-state index in [9.17, 15) is 9.59 Å². The summed E-state index contributed by atoms with van der Waals surface area (Å²) < 4.78 is 21.8. The molecule has 0 radical (unpaired) electrons. The minimum absolute atomic E-state index is 0.0286. The zero-order valence-corrected chi connectivity index (χ0v) is 20.8. The Morgan fingerprint density at radius 3 is 2.49 bits per heavy atom. The van der Waals surface area contributed by atoms with E-state index in [0.29, 0.717) is 27.3 Å². The monoisotopic (exact) mass is 541 g/mol. The molecule has 2 aliphatic rings. The largest absolute Gasteiger partial charge is 0.493 e. The molecule has 0 fully saturated rings. The fourth-order valence-corrected chi connectivity index (χ4v) is 3.94. The number of halogens is 1. The quantitative estimate of drug-likeness (QED) is 0.329. The molecule has 11 heteroatoms. The number of carbonyl (C=O) groups excluding carboxylic acids is 2. The SMILES string of the molecule is COc1ccc(C(=O)Oc2c(Br)cc(/C=C3\C(=N)N4OC(C)=CC4=NC3=O)cc2OC)cc1OC. The standard InChI is InChI=1S/C24H20BrN3O7/c1-12-7-20-27-23(29)15(22(26)28(20)35-12)8-13-9-16(25)21(19(10-13)33-4)34-24(30)14-5-6-17(31-2)18(11-14)32-3/h5-11,26H,1-4H3/b15-8+,26-22?. The number of ether oxygens (including phenoxy) is 4. The highest BCUT2D eigenvalue weighted by atomic mass is 79.9. The van der Waals surface area contributed by atoms with Gasteiger partial charge in [-0.3, -0.25) is 10.2 Å². The maximum atomic E-state index is 12.8. The first-order valence-corrected chi connectivity index (χ1v) is 11.0. The molecule has 1 N–H and O–H groups in total. The number of aliphatic imine (C=N–C) groups is 1. The van der Waals surface area contributed by atoms with Crippen LogP contribution in [-0.2, 0) is 9.63 Å². The van der Waals surface area contributed by atoms with E-state index in [1.165, 1.54) is 38.5 Å². The lowest BCUT2D eigenvalue weighted by molar-refractivity contribution is -0.114. The zero-order valence-electron chi connectivity index (χ0n) is 19.2. The summed E-state index contributed by atoms with van der Waals surface area (Å²) in [6.45, 7) is 1.70. The number of benzene rings is 2. The topological polar surface area (TPSA) is 120 Å². The Morgan fingerprint density at radius 1 is 1.09 bits per heavy atom. The molecule has 0 saturated heterocycles. The van der Waals surface area contributed by atoms with Crippen LogP contribution in [0.1, 0.15) is 22.8 Å². The lowest BCUT2D eigenvalue weighted by Crippen LogP contribution is -2.38. The second-order valence-corrected chi connectivity index (χ2v) is 8.17. The number of rotatable bonds is 6. The molecule has 0 atom stereocenters. The van der Waals surface area contributed by atoms with Crippen molar-refractivity contribution >= 4 is 45.6 Å². The van der Waals surface area contributed by atoms with Gasteiger partial charge in [0.1, 0.15) is 5.76 Å². The van der Waals surface area contributed by atoms with Gasteiger partial charge in [-0.1, -0.05) is 0 Å². The lowest BCUT2D eigenvalue weighted by Gasteiger charge is -2.23. The molecule has 0 aromatic heterocycles. The minimum Gasteiger partial charge on any atom is -0.493 e. The van der Waals surface area contributed by atoms with Crippen molar-refractivity contribution in [1.82, 2.24) is 5.06 Å². The van der Waals surface area contributed by atoms with Gasteiger partial charge in [-0.2, -0.15) is 4.99 Å². The third kappa shape index (κ3) is 4.62. The maximum absolute atomic E-state index is 12.8. The van der Waals surface area contributed by atoms with Crippen LogP contribution in [0, 0.1) is 5.41 Å². The summed E-state index contributed by atoms with van der Waals surface area (Å²) in [5.41, 5.74) is 0.781. The molecule has 2 aromatic rings. The highest BCUT2D eigenvalue weighted by Crippen LogP contribution is 2.38. The minimum atomic E-state index is -0.642. The third-order valence-corrected chi connectivity index (χ3v) is 5.65. The van der Waals surface area contributed by atoms with E-state index in [1.807, 2.05) is 0 Å². The molecule has 4 rings (SSSR count). The predicted molar refractivity (Wildman–Crippen MR) is 130 cm³/mol. The van der Waals surface area contributed by atoms with E-state index in [1.54, 1.807) is 37.3 Å². The molecule has 2 aliphatic heterocycles. The molecule has 0 saturated carbocycles. The van der Waals surface area contributed by atoms with Crippen molar-refractivity contribution in [3.05, 3.63) is 63.3 Å². The molecule has 0 unspecified atom stereocenters. The van der Waals surface area contributed by atoms with Crippen molar-refractivity contribution in [2.24, 2.45) is 4.99 Å². The Balaban J connectivity index is 1.63. The first-order chi connectivity index (χ1) is 16.7. The van der Waals surface area contributed by atoms with Crippen LogP contribution < -0.4 is 18.9 Å². The van der Waals surface area contributed by atoms with Crippen molar-refractivity contribution in [2.45, 2.75) is 6.92 Å². The lowest BCUT2D eigenvalue weighted by atomic mass is 10.1. The van der Waals surface area contributed by atoms with Gasteiger partial charge in [0.15, 0.2) is 34.7 Å². The number of hydrogen-bond acceptors (Lipinski definition) is 8. The number of fused-ring (bicyclic) bond motifs is 1. The number of amidine groups is 2. The molecule has 0 bridgehead atoms. The van der Waals surface area contributed by atoms with E-state index in [2.05, 4.69) is 20.9 Å². The number of nitrogens with zero attached hydrogens (tertiary/aromatic N) is 2. The van der Waals surface area contributed by atoms with Gasteiger partial charge in [0, 0.05) is 6.08 Å². The Bertz CT molecular complexity index is 1350. The average Bonchev–Trinajstić information content (AvgIpc) is 3.22. The zero-order chi connectivity index (χ0) is 25.3. The molecule has 2 aromatic carbocycles. The Labute approximate surface area is 209 Å². The van der Waals surface area contributed by atoms with Gasteiger partial charge >= 0.3 is 5.97 Å². The summed E-state index contributed by atoms with van der Waals surface area (Å²) >= 11 is 3.40. The van der Waals surface area contributed by atoms with Crippen LogP contribution in [0.5, 0.6) is 23.0 Å². The van der Waals surface area contributed by atoms with Gasteiger partial charge in [0.05, 0.1) is 36.9 Å². The second kappa shape index (κ2) is 9.63. The van der Waals surface area contributed by atoms with Crippen LogP contribution in [0.25, 0.3) is 6.08 Å². The molecule has 0 aliphatic carbocycles. The smallest absolute Gasteiger partial charge is 0.343 e. The first kappa shape index (κ1) is 24.0. The summed E-state index contributed by atoms with van der Waals surface area (Å²) in [4.78, 5) is 34.7. The average molecular weight is 542 g/mol. The molecule has 35 heavy (non-hydrogen) atoms. The van der Waals surface area contributed by atoms with Gasteiger partial charge < -0.3 is 23.8 Å². The van der Waals surface area contributed by atoms with Crippen molar-refractivity contribution in [3.8, 4) is 23.0 Å². The number of hydrogen-bond donors (Lipinski definition) is 1. The molecule has 10 nitrogen and oxygen atoms in total. The van der Waals surface area contributed by atoms with Crippen molar-refractivity contribution in [1.29, 1.82) is 5.41 Å². The number of hydroxylamine groups is 2. The molecule has 0 spiro atoms. The predicted octanol–water partition coefficient (Wildman–Crippen LogP) is 4.14. The summed E-state index contributed by atoms with van der Waals surface area (Å²) in [5.74, 6) is 0.644. The molecule has 2 heterocycles. The van der Waals surface area contributed by atoms with Crippen LogP contribution in [0.4, 0.5) is 0 Å². The van der Waals surface area contributed by atoms with E-state index in [-0.39, 0.29) is 34.3 Å². The van der Waals surface area contributed by atoms with Gasteiger partial charge in [-0.05, 0) is 64.8 Å². The van der Waals surface area contributed by atoms with Crippen LogP contribution in [0.2, 0.25) is 0 Å². The fraction of sp³-hybridized carbons (Fsp3) is 0.167. The van der Waals surface area contributed by atoms with Crippen LogP contribution in [-0.4, -0.2) is 49.9 Å². The number of nitrogens with one attached hydrogen (secondary N) is 1. The summed E-state index contributed by atoms with van der Waals surface area (Å²) in [6.07, 6.45) is 3.06. The molecule has 1 amide bonds. The van der Waals surface area contributed by atoms with Crippen molar-refractivity contribution in [2.75, 3.05) is 21.3 Å². The maximum Gasteiger partial charge on any atom is 0.343 e. The number of methoxy groups -OCH3 is 3. The third-order valence-electron chi connectivity index (χ3n) is 5.06. The van der Waals surface area contributed by atoms with E-state index < -0.39 is 11.9 Å². The number of amides is 1. The Kier molecular flexibility index (Phi) is 6.61. The van der Waals surface area contributed by atoms with Crippen LogP contribution in [0.15, 0.2) is 57.2 Å². The van der Waals surface area contributed by atoms with Crippen molar-refractivity contribution < 1.29 is 33.4 Å². The highest BCUT2D eigenvalue weighted by Gasteiger charge is 2.34. The first-order valence-electron chi connectivity index (χ1n) is 10.2. The number of allylic oxidation sites excluding steroid dienone is 1.